The standard InChI is InChI=1S/C13H22O3/c14-11-5-7-13(8-6-11,12(15)16)9-10-3-1-2-4-10/h10-11,14H,1-9H2,(H,15,16). The summed E-state index contributed by atoms with van der Waals surface area (Å²) in [5.41, 5.74) is -0.520. The molecule has 0 aromatic rings. The Morgan fingerprint density at radius 3 is 2.19 bits per heavy atom. The summed E-state index contributed by atoms with van der Waals surface area (Å²) in [5.74, 6) is -0.0161. The van der Waals surface area contributed by atoms with E-state index in [1.165, 1.54) is 25.7 Å². The lowest BCUT2D eigenvalue weighted by Crippen LogP contribution is -2.38. The third-order valence-electron chi connectivity index (χ3n) is 4.52. The molecular formula is C13H22O3. The van der Waals surface area contributed by atoms with Gasteiger partial charge in [0.05, 0.1) is 11.5 Å². The molecule has 0 bridgehead atoms. The van der Waals surface area contributed by atoms with Crippen molar-refractivity contribution in [1.29, 1.82) is 0 Å². The highest BCUT2D eigenvalue weighted by atomic mass is 16.4. The molecule has 0 aromatic heterocycles. The van der Waals surface area contributed by atoms with E-state index in [1.54, 1.807) is 0 Å². The van der Waals surface area contributed by atoms with E-state index in [2.05, 4.69) is 0 Å². The monoisotopic (exact) mass is 226 g/mol. The van der Waals surface area contributed by atoms with Gasteiger partial charge >= 0.3 is 5.97 Å². The Bertz CT molecular complexity index is 248. The predicted octanol–water partition coefficient (Wildman–Crippen LogP) is 2.57. The third-order valence-corrected chi connectivity index (χ3v) is 4.52. The largest absolute Gasteiger partial charge is 0.481 e. The van der Waals surface area contributed by atoms with Crippen molar-refractivity contribution in [2.75, 3.05) is 0 Å². The molecule has 2 rings (SSSR count). The van der Waals surface area contributed by atoms with E-state index in [1.807, 2.05) is 0 Å². The smallest absolute Gasteiger partial charge is 0.309 e. The Hall–Kier alpha value is -0.570. The van der Waals surface area contributed by atoms with Crippen molar-refractivity contribution in [3.8, 4) is 0 Å². The summed E-state index contributed by atoms with van der Waals surface area (Å²) in [7, 11) is 0. The number of carboxylic acids is 1. The second-order valence-electron chi connectivity index (χ2n) is 5.67. The van der Waals surface area contributed by atoms with Crippen LogP contribution in [0.2, 0.25) is 0 Å². The van der Waals surface area contributed by atoms with E-state index in [0.717, 1.165) is 6.42 Å². The zero-order valence-corrected chi connectivity index (χ0v) is 9.82. The number of hydrogen-bond donors (Lipinski definition) is 2. The van der Waals surface area contributed by atoms with Crippen LogP contribution >= 0.6 is 0 Å². The highest BCUT2D eigenvalue weighted by Gasteiger charge is 2.43. The second kappa shape index (κ2) is 4.74. The Kier molecular flexibility index (Phi) is 3.53. The van der Waals surface area contributed by atoms with E-state index in [4.69, 9.17) is 0 Å². The Balaban J connectivity index is 2.00. The molecule has 2 aliphatic carbocycles. The van der Waals surface area contributed by atoms with E-state index < -0.39 is 11.4 Å². The molecule has 0 unspecified atom stereocenters. The SMILES string of the molecule is O=C(O)C1(CC2CCCC2)CCC(O)CC1. The molecule has 2 N–H and O–H groups in total. The van der Waals surface area contributed by atoms with Crippen LogP contribution in [0.25, 0.3) is 0 Å². The second-order valence-corrected chi connectivity index (χ2v) is 5.67. The third kappa shape index (κ3) is 2.40. The van der Waals surface area contributed by atoms with E-state index >= 15 is 0 Å². The zero-order chi connectivity index (χ0) is 11.6. The minimum absolute atomic E-state index is 0.268. The summed E-state index contributed by atoms with van der Waals surface area (Å²) >= 11 is 0. The minimum Gasteiger partial charge on any atom is -0.481 e. The van der Waals surface area contributed by atoms with Gasteiger partial charge in [-0.15, -0.1) is 0 Å². The Morgan fingerprint density at radius 2 is 1.69 bits per heavy atom. The van der Waals surface area contributed by atoms with Crippen LogP contribution < -0.4 is 0 Å². The van der Waals surface area contributed by atoms with Crippen LogP contribution in [-0.4, -0.2) is 22.3 Å². The van der Waals surface area contributed by atoms with E-state index in [-0.39, 0.29) is 6.10 Å². The van der Waals surface area contributed by atoms with Gasteiger partial charge in [-0.2, -0.15) is 0 Å². The molecule has 0 aromatic carbocycles. The maximum atomic E-state index is 11.5. The van der Waals surface area contributed by atoms with Gasteiger partial charge in [-0.3, -0.25) is 4.79 Å². The highest BCUT2D eigenvalue weighted by Crippen LogP contribution is 2.45. The molecule has 0 aliphatic heterocycles. The summed E-state index contributed by atoms with van der Waals surface area (Å²) in [6.07, 6.45) is 8.19. The first kappa shape index (κ1) is 11.9. The zero-order valence-electron chi connectivity index (χ0n) is 9.82. The predicted molar refractivity (Wildman–Crippen MR) is 61.1 cm³/mol. The van der Waals surface area contributed by atoms with Gasteiger partial charge in [0, 0.05) is 0 Å². The normalized spacial score (nSPS) is 36.4. The summed E-state index contributed by atoms with van der Waals surface area (Å²) in [4.78, 5) is 11.5. The molecule has 0 amide bonds. The molecule has 0 radical (unpaired) electrons. The van der Waals surface area contributed by atoms with Gasteiger partial charge in [-0.1, -0.05) is 25.7 Å². The molecule has 2 aliphatic rings. The number of rotatable bonds is 3. The van der Waals surface area contributed by atoms with Crippen LogP contribution in [0.1, 0.15) is 57.8 Å². The molecule has 0 spiro atoms. The molecule has 16 heavy (non-hydrogen) atoms. The lowest BCUT2D eigenvalue weighted by molar-refractivity contribution is -0.153. The molecule has 0 atom stereocenters. The lowest BCUT2D eigenvalue weighted by Gasteiger charge is -2.37. The minimum atomic E-state index is -0.633. The maximum Gasteiger partial charge on any atom is 0.309 e. The number of hydrogen-bond acceptors (Lipinski definition) is 2. The summed E-state index contributed by atoms with van der Waals surface area (Å²) < 4.78 is 0. The fourth-order valence-corrected chi connectivity index (χ4v) is 3.43. The fourth-order valence-electron chi connectivity index (χ4n) is 3.43. The molecule has 0 saturated heterocycles. The average Bonchev–Trinajstić information content (AvgIpc) is 2.74. The van der Waals surface area contributed by atoms with Crippen LogP contribution in [0, 0.1) is 11.3 Å². The average molecular weight is 226 g/mol. The number of carboxylic acid groups (broad SMARTS) is 1. The summed E-state index contributed by atoms with van der Waals surface area (Å²) in [6.45, 7) is 0. The van der Waals surface area contributed by atoms with Gasteiger partial charge in [0.2, 0.25) is 0 Å². The van der Waals surface area contributed by atoms with Gasteiger partial charge < -0.3 is 10.2 Å². The van der Waals surface area contributed by atoms with Crippen LogP contribution in [0.15, 0.2) is 0 Å². The number of aliphatic carboxylic acids is 1. The molecule has 3 heteroatoms. The van der Waals surface area contributed by atoms with E-state index in [0.29, 0.717) is 31.6 Å². The number of aliphatic hydroxyl groups excluding tert-OH is 1. The molecule has 0 heterocycles. The van der Waals surface area contributed by atoms with Gasteiger partial charge in [-0.25, -0.2) is 0 Å². The van der Waals surface area contributed by atoms with Gasteiger partial charge in [0.1, 0.15) is 0 Å². The molecular weight excluding hydrogens is 204 g/mol. The quantitative estimate of drug-likeness (QED) is 0.777. The van der Waals surface area contributed by atoms with Crippen molar-refractivity contribution in [2.45, 2.75) is 63.9 Å². The Morgan fingerprint density at radius 1 is 1.12 bits per heavy atom. The summed E-state index contributed by atoms with van der Waals surface area (Å²) in [5, 5.41) is 18.9. The topological polar surface area (TPSA) is 57.5 Å². The van der Waals surface area contributed by atoms with Crippen molar-refractivity contribution in [1.82, 2.24) is 0 Å². The first-order valence-corrected chi connectivity index (χ1v) is 6.54. The Labute approximate surface area is 96.9 Å². The van der Waals surface area contributed by atoms with Crippen molar-refractivity contribution < 1.29 is 15.0 Å². The van der Waals surface area contributed by atoms with Crippen LogP contribution in [0.3, 0.4) is 0 Å². The van der Waals surface area contributed by atoms with Crippen molar-refractivity contribution in [3.63, 3.8) is 0 Å². The van der Waals surface area contributed by atoms with Crippen molar-refractivity contribution >= 4 is 5.97 Å². The fraction of sp³-hybridized carbons (Fsp3) is 0.923. The van der Waals surface area contributed by atoms with Crippen LogP contribution in [0.5, 0.6) is 0 Å². The molecule has 2 saturated carbocycles. The van der Waals surface area contributed by atoms with Gasteiger partial charge in [0.25, 0.3) is 0 Å². The van der Waals surface area contributed by atoms with E-state index in [9.17, 15) is 15.0 Å². The van der Waals surface area contributed by atoms with Crippen LogP contribution in [-0.2, 0) is 4.79 Å². The maximum absolute atomic E-state index is 11.5. The van der Waals surface area contributed by atoms with Crippen molar-refractivity contribution in [3.05, 3.63) is 0 Å². The number of carbonyl (C=O) groups is 1. The first-order chi connectivity index (χ1) is 7.62. The lowest BCUT2D eigenvalue weighted by atomic mass is 9.68. The molecule has 3 nitrogen and oxygen atoms in total. The van der Waals surface area contributed by atoms with Gasteiger partial charge in [0.15, 0.2) is 0 Å². The number of aliphatic hydroxyl groups is 1. The molecule has 92 valence electrons. The summed E-state index contributed by atoms with van der Waals surface area (Å²) in [6, 6.07) is 0. The highest BCUT2D eigenvalue weighted by molar-refractivity contribution is 5.74. The van der Waals surface area contributed by atoms with Gasteiger partial charge in [-0.05, 0) is 38.0 Å². The van der Waals surface area contributed by atoms with Crippen molar-refractivity contribution in [2.24, 2.45) is 11.3 Å². The first-order valence-electron chi connectivity index (χ1n) is 6.54. The van der Waals surface area contributed by atoms with Crippen LogP contribution in [0.4, 0.5) is 0 Å². The molecule has 2 fully saturated rings.